The van der Waals surface area contributed by atoms with Gasteiger partial charge in [-0.05, 0) is 39.3 Å². The maximum absolute atomic E-state index is 13.3. The zero-order valence-electron chi connectivity index (χ0n) is 16.4. The second kappa shape index (κ2) is 6.95. The van der Waals surface area contributed by atoms with Gasteiger partial charge in [-0.3, -0.25) is 9.48 Å². The van der Waals surface area contributed by atoms with E-state index >= 15 is 0 Å². The number of amides is 1. The van der Waals surface area contributed by atoms with Crippen LogP contribution in [0, 0.1) is 13.8 Å². The number of rotatable bonds is 4. The third-order valence-electron chi connectivity index (χ3n) is 4.96. The predicted molar refractivity (Wildman–Crippen MR) is 107 cm³/mol. The van der Waals surface area contributed by atoms with Crippen molar-refractivity contribution in [1.82, 2.24) is 24.5 Å². The fourth-order valence-corrected chi connectivity index (χ4v) is 3.53. The van der Waals surface area contributed by atoms with E-state index in [2.05, 4.69) is 25.8 Å². The molecule has 4 rings (SSSR count). The first-order valence-electron chi connectivity index (χ1n) is 9.26. The predicted octanol–water partition coefficient (Wildman–Crippen LogP) is 3.04. The molecule has 2 N–H and O–H groups in total. The van der Waals surface area contributed by atoms with Crippen LogP contribution in [-0.2, 0) is 11.3 Å². The molecule has 0 spiro atoms. The molecule has 0 unspecified atom stereocenters. The van der Waals surface area contributed by atoms with Gasteiger partial charge in [-0.15, -0.1) is 0 Å². The van der Waals surface area contributed by atoms with Gasteiger partial charge in [-0.25, -0.2) is 4.68 Å². The van der Waals surface area contributed by atoms with Gasteiger partial charge in [-0.2, -0.15) is 15.2 Å². The summed E-state index contributed by atoms with van der Waals surface area (Å²) in [6, 6.07) is 5.57. The second-order valence-corrected chi connectivity index (χ2v) is 7.00. The van der Waals surface area contributed by atoms with Crippen LogP contribution in [0.25, 0.3) is 0 Å². The average molecular weight is 377 g/mol. The summed E-state index contributed by atoms with van der Waals surface area (Å²) in [7, 11) is 0. The normalized spacial score (nSPS) is 15.9. The molecule has 2 aromatic heterocycles. The molecule has 1 atom stereocenters. The molecular weight excluding hydrogens is 354 g/mol. The van der Waals surface area contributed by atoms with Crippen LogP contribution in [0.4, 0.5) is 11.6 Å². The number of fused-ring (bicyclic) bond motifs is 1. The minimum atomic E-state index is -0.398. The van der Waals surface area contributed by atoms with Crippen LogP contribution in [-0.4, -0.2) is 30.5 Å². The number of benzene rings is 1. The molecule has 3 aromatic rings. The lowest BCUT2D eigenvalue weighted by molar-refractivity contribution is -0.113. The van der Waals surface area contributed by atoms with E-state index in [0.29, 0.717) is 11.5 Å². The van der Waals surface area contributed by atoms with Crippen molar-refractivity contribution in [2.24, 2.45) is 0 Å². The summed E-state index contributed by atoms with van der Waals surface area (Å²) in [6.45, 7) is 8.68. The Morgan fingerprint density at radius 3 is 2.79 bits per heavy atom. The number of aryl methyl sites for hydroxylation is 3. The average Bonchev–Trinajstić information content (AvgIpc) is 3.31. The van der Waals surface area contributed by atoms with Crippen molar-refractivity contribution in [3.05, 3.63) is 64.9 Å². The maximum Gasteiger partial charge on any atom is 0.255 e. The van der Waals surface area contributed by atoms with Crippen LogP contribution in [0.15, 0.2) is 48.2 Å². The van der Waals surface area contributed by atoms with E-state index in [1.54, 1.807) is 10.9 Å². The Hall–Kier alpha value is -3.42. The Bertz CT molecular complexity index is 1080. The van der Waals surface area contributed by atoms with E-state index in [0.717, 1.165) is 34.6 Å². The third kappa shape index (κ3) is 3.06. The first-order chi connectivity index (χ1) is 13.5. The Kier molecular flexibility index (Phi) is 4.46. The van der Waals surface area contributed by atoms with Gasteiger partial charge in [0.25, 0.3) is 5.91 Å². The van der Waals surface area contributed by atoms with Crippen molar-refractivity contribution < 1.29 is 4.79 Å². The van der Waals surface area contributed by atoms with Gasteiger partial charge in [0.05, 0.1) is 11.8 Å². The summed E-state index contributed by atoms with van der Waals surface area (Å²) in [6.07, 6.45) is 5.21. The number of allylic oxidation sites excluding steroid dienone is 1. The zero-order chi connectivity index (χ0) is 19.8. The van der Waals surface area contributed by atoms with Crippen molar-refractivity contribution in [2.45, 2.75) is 40.3 Å². The number of hydrogen-bond donors (Lipinski definition) is 2. The summed E-state index contributed by atoms with van der Waals surface area (Å²) in [5.74, 6) is 0.433. The SMILES string of the molecule is CCn1cc([C@@H]2C(C(=O)Nc3ccc(C)cc3C)=C(C)Nc3ncnn32)cn1. The quantitative estimate of drug-likeness (QED) is 0.729. The molecule has 0 aliphatic carbocycles. The van der Waals surface area contributed by atoms with E-state index in [9.17, 15) is 4.79 Å². The number of nitrogens with one attached hydrogen (secondary N) is 2. The van der Waals surface area contributed by atoms with E-state index in [4.69, 9.17) is 0 Å². The highest BCUT2D eigenvalue weighted by Crippen LogP contribution is 2.35. The van der Waals surface area contributed by atoms with Crippen molar-refractivity contribution in [3.8, 4) is 0 Å². The van der Waals surface area contributed by atoms with Crippen LogP contribution in [0.5, 0.6) is 0 Å². The molecule has 1 aliphatic heterocycles. The van der Waals surface area contributed by atoms with E-state index < -0.39 is 6.04 Å². The smallest absolute Gasteiger partial charge is 0.255 e. The second-order valence-electron chi connectivity index (χ2n) is 7.00. The van der Waals surface area contributed by atoms with E-state index in [1.807, 2.05) is 56.8 Å². The van der Waals surface area contributed by atoms with Gasteiger partial charge in [0.1, 0.15) is 12.4 Å². The van der Waals surface area contributed by atoms with Gasteiger partial charge >= 0.3 is 0 Å². The molecule has 0 saturated carbocycles. The Morgan fingerprint density at radius 1 is 1.25 bits per heavy atom. The number of anilines is 2. The minimum absolute atomic E-state index is 0.174. The molecule has 0 saturated heterocycles. The van der Waals surface area contributed by atoms with Gasteiger partial charge in [0.15, 0.2) is 0 Å². The standard InChI is InChI=1S/C20H23N7O/c1-5-26-10-15(9-22-26)18-17(14(4)24-20-21-11-23-27(18)20)19(28)25-16-7-6-12(2)8-13(16)3/h6-11,18H,5H2,1-4H3,(H,25,28)(H,21,23,24)/t18-/m1/s1. The molecule has 28 heavy (non-hydrogen) atoms. The maximum atomic E-state index is 13.3. The molecule has 0 radical (unpaired) electrons. The van der Waals surface area contributed by atoms with Gasteiger partial charge in [0.2, 0.25) is 5.95 Å². The summed E-state index contributed by atoms with van der Waals surface area (Å²) < 4.78 is 3.56. The molecule has 0 fully saturated rings. The van der Waals surface area contributed by atoms with Gasteiger partial charge in [-0.1, -0.05) is 17.7 Å². The van der Waals surface area contributed by atoms with Crippen LogP contribution >= 0.6 is 0 Å². The lowest BCUT2D eigenvalue weighted by Crippen LogP contribution is -2.31. The number of aromatic nitrogens is 5. The molecule has 1 amide bonds. The molecule has 0 bridgehead atoms. The highest BCUT2D eigenvalue weighted by molar-refractivity contribution is 6.06. The molecular formula is C20H23N7O. The monoisotopic (exact) mass is 377 g/mol. The number of nitrogens with zero attached hydrogens (tertiary/aromatic N) is 5. The van der Waals surface area contributed by atoms with Crippen molar-refractivity contribution in [3.63, 3.8) is 0 Å². The first kappa shape index (κ1) is 18.0. The first-order valence-corrected chi connectivity index (χ1v) is 9.26. The molecule has 8 nitrogen and oxygen atoms in total. The minimum Gasteiger partial charge on any atom is -0.328 e. The molecule has 8 heteroatoms. The van der Waals surface area contributed by atoms with Crippen LogP contribution in [0.2, 0.25) is 0 Å². The van der Waals surface area contributed by atoms with Crippen LogP contribution in [0.3, 0.4) is 0 Å². The summed E-state index contributed by atoms with van der Waals surface area (Å²) >= 11 is 0. The number of carbonyl (C=O) groups excluding carboxylic acids is 1. The molecule has 1 aliphatic rings. The highest BCUT2D eigenvalue weighted by atomic mass is 16.1. The van der Waals surface area contributed by atoms with Gasteiger partial charge < -0.3 is 10.6 Å². The topological polar surface area (TPSA) is 89.7 Å². The fourth-order valence-electron chi connectivity index (χ4n) is 3.53. The third-order valence-corrected chi connectivity index (χ3v) is 4.96. The van der Waals surface area contributed by atoms with Crippen molar-refractivity contribution >= 4 is 17.5 Å². The van der Waals surface area contributed by atoms with Gasteiger partial charge in [0, 0.05) is 29.7 Å². The number of carbonyl (C=O) groups is 1. The largest absolute Gasteiger partial charge is 0.328 e. The highest BCUT2D eigenvalue weighted by Gasteiger charge is 2.34. The fraction of sp³-hybridized carbons (Fsp3) is 0.300. The molecule has 144 valence electrons. The Balaban J connectivity index is 1.74. The Labute approximate surface area is 163 Å². The molecule has 1 aromatic carbocycles. The van der Waals surface area contributed by atoms with Crippen molar-refractivity contribution in [1.29, 1.82) is 0 Å². The molecule has 3 heterocycles. The van der Waals surface area contributed by atoms with Crippen molar-refractivity contribution in [2.75, 3.05) is 10.6 Å². The lowest BCUT2D eigenvalue weighted by atomic mass is 9.97. The Morgan fingerprint density at radius 2 is 2.07 bits per heavy atom. The summed E-state index contributed by atoms with van der Waals surface area (Å²) in [5.41, 5.74) is 5.20. The summed E-state index contributed by atoms with van der Waals surface area (Å²) in [5, 5.41) is 15.0. The van der Waals surface area contributed by atoms with Crippen LogP contribution < -0.4 is 10.6 Å². The van der Waals surface area contributed by atoms with E-state index in [1.165, 1.54) is 6.33 Å². The van der Waals surface area contributed by atoms with E-state index in [-0.39, 0.29) is 5.91 Å². The lowest BCUT2D eigenvalue weighted by Gasteiger charge is -2.28. The van der Waals surface area contributed by atoms with Crippen LogP contribution in [0.1, 0.15) is 36.6 Å². The summed E-state index contributed by atoms with van der Waals surface area (Å²) in [4.78, 5) is 17.6. The number of hydrogen-bond acceptors (Lipinski definition) is 5. The zero-order valence-corrected chi connectivity index (χ0v) is 16.4.